The van der Waals surface area contributed by atoms with Crippen LogP contribution in [0, 0.1) is 0 Å². The van der Waals surface area contributed by atoms with Gasteiger partial charge in [0.25, 0.3) is 5.91 Å². The molecule has 11 heteroatoms. The number of nitrogens with one attached hydrogen (secondary N) is 1. The molecular formula is C23H27N5O5S. The number of nitrogens with zero attached hydrogens (tertiary/aromatic N) is 4. The average molecular weight is 486 g/mol. The first-order chi connectivity index (χ1) is 16.6. The SMILES string of the molecule is CCn1c(SCC(=O)NN=Cc2ccc(OC)c(OC)c2OC)nnc1-c1ccc(OC)cc1. The van der Waals surface area contributed by atoms with E-state index in [1.165, 1.54) is 32.2 Å². The van der Waals surface area contributed by atoms with Crippen LogP contribution >= 0.6 is 11.8 Å². The number of amides is 1. The first-order valence-electron chi connectivity index (χ1n) is 10.4. The second-order valence-corrected chi connectivity index (χ2v) is 7.73. The molecule has 10 nitrogen and oxygen atoms in total. The van der Waals surface area contributed by atoms with E-state index in [-0.39, 0.29) is 11.7 Å². The number of aromatic nitrogens is 3. The van der Waals surface area contributed by atoms with Gasteiger partial charge in [-0.25, -0.2) is 5.43 Å². The monoisotopic (exact) mass is 485 g/mol. The Balaban J connectivity index is 1.63. The summed E-state index contributed by atoms with van der Waals surface area (Å²) in [5.41, 5.74) is 4.06. The van der Waals surface area contributed by atoms with Crippen LogP contribution in [0.4, 0.5) is 0 Å². The molecule has 0 saturated carbocycles. The van der Waals surface area contributed by atoms with Gasteiger partial charge in [0.15, 0.2) is 22.5 Å². The summed E-state index contributed by atoms with van der Waals surface area (Å²) in [7, 11) is 6.21. The fourth-order valence-corrected chi connectivity index (χ4v) is 3.99. The molecule has 0 unspecified atom stereocenters. The van der Waals surface area contributed by atoms with Gasteiger partial charge in [0.1, 0.15) is 5.75 Å². The van der Waals surface area contributed by atoms with Gasteiger partial charge in [-0.05, 0) is 43.3 Å². The minimum Gasteiger partial charge on any atom is -0.497 e. The molecule has 0 saturated heterocycles. The van der Waals surface area contributed by atoms with Crippen molar-refractivity contribution in [1.82, 2.24) is 20.2 Å². The lowest BCUT2D eigenvalue weighted by Gasteiger charge is -2.13. The Labute approximate surface area is 202 Å². The Morgan fingerprint density at radius 2 is 1.74 bits per heavy atom. The fraction of sp³-hybridized carbons (Fsp3) is 0.304. The van der Waals surface area contributed by atoms with Gasteiger partial charge in [-0.2, -0.15) is 5.10 Å². The Morgan fingerprint density at radius 3 is 2.35 bits per heavy atom. The summed E-state index contributed by atoms with van der Waals surface area (Å²) in [5.74, 6) is 2.78. The molecule has 0 atom stereocenters. The van der Waals surface area contributed by atoms with E-state index < -0.39 is 0 Å². The lowest BCUT2D eigenvalue weighted by Crippen LogP contribution is -2.20. The predicted molar refractivity (Wildman–Crippen MR) is 130 cm³/mol. The summed E-state index contributed by atoms with van der Waals surface area (Å²) in [6.07, 6.45) is 1.49. The van der Waals surface area contributed by atoms with Crippen molar-refractivity contribution in [1.29, 1.82) is 0 Å². The van der Waals surface area contributed by atoms with Gasteiger partial charge in [-0.1, -0.05) is 11.8 Å². The molecule has 2 aromatic carbocycles. The van der Waals surface area contributed by atoms with E-state index in [1.54, 1.807) is 26.4 Å². The Morgan fingerprint density at radius 1 is 1.00 bits per heavy atom. The first kappa shape index (κ1) is 24.9. The number of thioether (sulfide) groups is 1. The number of ether oxygens (including phenoxy) is 4. The van der Waals surface area contributed by atoms with E-state index in [0.717, 1.165) is 17.1 Å². The minimum absolute atomic E-state index is 0.126. The summed E-state index contributed by atoms with van der Waals surface area (Å²) in [6.45, 7) is 2.66. The van der Waals surface area contributed by atoms with Crippen molar-refractivity contribution in [3.63, 3.8) is 0 Å². The molecule has 0 aliphatic carbocycles. The van der Waals surface area contributed by atoms with Crippen molar-refractivity contribution in [2.45, 2.75) is 18.6 Å². The lowest BCUT2D eigenvalue weighted by atomic mass is 10.2. The number of hydrazone groups is 1. The molecule has 34 heavy (non-hydrogen) atoms. The maximum atomic E-state index is 12.3. The van der Waals surface area contributed by atoms with Crippen molar-refractivity contribution in [3.05, 3.63) is 42.0 Å². The molecule has 3 aromatic rings. The van der Waals surface area contributed by atoms with Crippen LogP contribution in [0.3, 0.4) is 0 Å². The third-order valence-corrected chi connectivity index (χ3v) is 5.81. The maximum Gasteiger partial charge on any atom is 0.250 e. The molecule has 1 amide bonds. The third-order valence-electron chi connectivity index (χ3n) is 4.84. The molecular weight excluding hydrogens is 458 g/mol. The number of carbonyl (C=O) groups is 1. The van der Waals surface area contributed by atoms with Crippen molar-refractivity contribution < 1.29 is 23.7 Å². The van der Waals surface area contributed by atoms with E-state index in [9.17, 15) is 4.79 Å². The summed E-state index contributed by atoms with van der Waals surface area (Å²) in [6, 6.07) is 11.1. The van der Waals surface area contributed by atoms with E-state index in [4.69, 9.17) is 18.9 Å². The van der Waals surface area contributed by atoms with E-state index in [2.05, 4.69) is 20.7 Å². The van der Waals surface area contributed by atoms with Crippen LogP contribution < -0.4 is 24.4 Å². The van der Waals surface area contributed by atoms with Gasteiger partial charge < -0.3 is 23.5 Å². The third kappa shape index (κ3) is 5.60. The van der Waals surface area contributed by atoms with Gasteiger partial charge in [0.2, 0.25) is 5.75 Å². The first-order valence-corrected chi connectivity index (χ1v) is 11.4. The molecule has 1 aromatic heterocycles. The number of carbonyl (C=O) groups excluding carboxylic acids is 1. The van der Waals surface area contributed by atoms with Gasteiger partial charge in [0, 0.05) is 17.7 Å². The van der Waals surface area contributed by atoms with Crippen molar-refractivity contribution >= 4 is 23.9 Å². The van der Waals surface area contributed by atoms with E-state index >= 15 is 0 Å². The highest BCUT2D eigenvalue weighted by atomic mass is 32.2. The molecule has 180 valence electrons. The lowest BCUT2D eigenvalue weighted by molar-refractivity contribution is -0.118. The van der Waals surface area contributed by atoms with Crippen LogP contribution in [0.25, 0.3) is 11.4 Å². The summed E-state index contributed by atoms with van der Waals surface area (Å²) >= 11 is 1.29. The van der Waals surface area contributed by atoms with Crippen LogP contribution in [0.15, 0.2) is 46.7 Å². The number of hydrogen-bond donors (Lipinski definition) is 1. The van der Waals surface area contributed by atoms with Gasteiger partial charge in [0.05, 0.1) is 40.4 Å². The Hall–Kier alpha value is -3.73. The largest absolute Gasteiger partial charge is 0.497 e. The predicted octanol–water partition coefficient (Wildman–Crippen LogP) is 3.24. The Bertz CT molecular complexity index is 1150. The zero-order valence-electron chi connectivity index (χ0n) is 19.7. The second kappa shape index (κ2) is 11.9. The van der Waals surface area contributed by atoms with E-state index in [0.29, 0.717) is 34.5 Å². The highest BCUT2D eigenvalue weighted by Gasteiger charge is 2.16. The van der Waals surface area contributed by atoms with Crippen molar-refractivity contribution in [3.8, 4) is 34.4 Å². The van der Waals surface area contributed by atoms with Crippen molar-refractivity contribution in [2.24, 2.45) is 5.10 Å². The van der Waals surface area contributed by atoms with Crippen LogP contribution in [0.1, 0.15) is 12.5 Å². The molecule has 0 radical (unpaired) electrons. The summed E-state index contributed by atoms with van der Waals surface area (Å²) in [4.78, 5) is 12.3. The minimum atomic E-state index is -0.280. The topological polar surface area (TPSA) is 109 Å². The number of methoxy groups -OCH3 is 4. The quantitative estimate of drug-likeness (QED) is 0.250. The zero-order valence-corrected chi connectivity index (χ0v) is 20.5. The smallest absolute Gasteiger partial charge is 0.250 e. The van der Waals surface area contributed by atoms with Gasteiger partial charge in [-0.3, -0.25) is 4.79 Å². The molecule has 0 fully saturated rings. The molecule has 0 aliphatic heterocycles. The number of rotatable bonds is 11. The molecule has 0 spiro atoms. The van der Waals surface area contributed by atoms with Crippen LogP contribution in [-0.2, 0) is 11.3 Å². The molecule has 1 N–H and O–H groups in total. The van der Waals surface area contributed by atoms with Crippen LogP contribution in [0.5, 0.6) is 23.0 Å². The van der Waals surface area contributed by atoms with Crippen LogP contribution in [0.2, 0.25) is 0 Å². The van der Waals surface area contributed by atoms with Crippen LogP contribution in [-0.4, -0.2) is 61.1 Å². The average Bonchev–Trinajstić information content (AvgIpc) is 3.29. The standard InChI is InChI=1S/C23H27N5O5S/c1-6-28-22(15-7-10-17(30-2)11-8-15)26-27-23(28)34-14-19(29)25-24-13-16-9-12-18(31-3)21(33-5)20(16)32-4/h7-13H,6,14H2,1-5H3,(H,25,29). The molecule has 3 rings (SSSR count). The Kier molecular flexibility index (Phi) is 8.74. The normalized spacial score (nSPS) is 10.9. The maximum absolute atomic E-state index is 12.3. The van der Waals surface area contributed by atoms with Gasteiger partial charge in [-0.15, -0.1) is 10.2 Å². The van der Waals surface area contributed by atoms with Gasteiger partial charge >= 0.3 is 0 Å². The molecule has 0 aliphatic rings. The fourth-order valence-electron chi connectivity index (χ4n) is 3.20. The van der Waals surface area contributed by atoms with Crippen molar-refractivity contribution in [2.75, 3.05) is 34.2 Å². The van der Waals surface area contributed by atoms with E-state index in [1.807, 2.05) is 35.8 Å². The summed E-state index contributed by atoms with van der Waals surface area (Å²) < 4.78 is 23.2. The zero-order chi connectivity index (χ0) is 24.5. The number of hydrogen-bond acceptors (Lipinski definition) is 9. The highest BCUT2D eigenvalue weighted by Crippen LogP contribution is 2.39. The molecule has 0 bridgehead atoms. The highest BCUT2D eigenvalue weighted by molar-refractivity contribution is 7.99. The second-order valence-electron chi connectivity index (χ2n) is 6.78. The molecule has 1 heterocycles. The number of benzene rings is 2. The summed E-state index contributed by atoms with van der Waals surface area (Å²) in [5, 5.41) is 13.2.